The van der Waals surface area contributed by atoms with Gasteiger partial charge in [0.1, 0.15) is 0 Å². The quantitative estimate of drug-likeness (QED) is 0.545. The SMILES string of the molecule is CCNC(CC)(CO)CCCN(CC)CC(CC)CC. The van der Waals surface area contributed by atoms with Crippen molar-refractivity contribution in [1.29, 1.82) is 0 Å². The molecule has 0 amide bonds. The molecule has 0 aliphatic heterocycles. The predicted molar refractivity (Wildman–Crippen MR) is 89.2 cm³/mol. The summed E-state index contributed by atoms with van der Waals surface area (Å²) < 4.78 is 0. The average Bonchev–Trinajstić information content (AvgIpc) is 2.49. The topological polar surface area (TPSA) is 35.5 Å². The monoisotopic (exact) mass is 286 g/mol. The Hall–Kier alpha value is -0.120. The van der Waals surface area contributed by atoms with Gasteiger partial charge in [-0.25, -0.2) is 0 Å². The van der Waals surface area contributed by atoms with Gasteiger partial charge in [0.05, 0.1) is 6.61 Å². The van der Waals surface area contributed by atoms with Gasteiger partial charge in [-0.1, -0.05) is 47.5 Å². The molecule has 2 N–H and O–H groups in total. The van der Waals surface area contributed by atoms with Crippen LogP contribution in [-0.2, 0) is 0 Å². The van der Waals surface area contributed by atoms with Gasteiger partial charge in [0.2, 0.25) is 0 Å². The molecule has 0 aliphatic carbocycles. The van der Waals surface area contributed by atoms with Crippen molar-refractivity contribution in [3.8, 4) is 0 Å². The van der Waals surface area contributed by atoms with Crippen LogP contribution in [0.1, 0.15) is 66.7 Å². The number of hydrogen-bond acceptors (Lipinski definition) is 3. The summed E-state index contributed by atoms with van der Waals surface area (Å²) in [5.74, 6) is 0.831. The van der Waals surface area contributed by atoms with Crippen LogP contribution in [0.15, 0.2) is 0 Å². The van der Waals surface area contributed by atoms with Gasteiger partial charge in [-0.2, -0.15) is 0 Å². The Balaban J connectivity index is 4.21. The fraction of sp³-hybridized carbons (Fsp3) is 1.00. The molecule has 0 aliphatic rings. The lowest BCUT2D eigenvalue weighted by Crippen LogP contribution is -2.48. The second kappa shape index (κ2) is 11.5. The molecule has 0 heterocycles. The molecule has 1 unspecified atom stereocenters. The van der Waals surface area contributed by atoms with E-state index in [1.54, 1.807) is 0 Å². The number of nitrogens with one attached hydrogen (secondary N) is 1. The molecule has 0 aromatic rings. The fourth-order valence-corrected chi connectivity index (χ4v) is 2.94. The highest BCUT2D eigenvalue weighted by Gasteiger charge is 2.25. The highest BCUT2D eigenvalue weighted by atomic mass is 16.3. The molecule has 0 saturated heterocycles. The van der Waals surface area contributed by atoms with E-state index >= 15 is 0 Å². The summed E-state index contributed by atoms with van der Waals surface area (Å²) in [6.07, 6.45) is 5.78. The third kappa shape index (κ3) is 7.05. The van der Waals surface area contributed by atoms with Crippen LogP contribution in [0.5, 0.6) is 0 Å². The molecule has 0 saturated carbocycles. The van der Waals surface area contributed by atoms with E-state index in [-0.39, 0.29) is 12.1 Å². The molecule has 0 spiro atoms. The van der Waals surface area contributed by atoms with E-state index in [1.807, 2.05) is 0 Å². The van der Waals surface area contributed by atoms with Crippen molar-refractivity contribution < 1.29 is 5.11 Å². The summed E-state index contributed by atoms with van der Waals surface area (Å²) in [7, 11) is 0. The minimum absolute atomic E-state index is 0.0664. The lowest BCUT2D eigenvalue weighted by Gasteiger charge is -2.33. The summed E-state index contributed by atoms with van der Waals surface area (Å²) in [4.78, 5) is 2.57. The molecular formula is C17H38N2O. The van der Waals surface area contributed by atoms with Crippen LogP contribution < -0.4 is 5.32 Å². The Bertz CT molecular complexity index is 213. The number of aliphatic hydroxyl groups is 1. The van der Waals surface area contributed by atoms with Crippen molar-refractivity contribution in [2.24, 2.45) is 5.92 Å². The Morgan fingerprint density at radius 1 is 1.10 bits per heavy atom. The molecule has 0 fully saturated rings. The van der Waals surface area contributed by atoms with Gasteiger partial charge >= 0.3 is 0 Å². The van der Waals surface area contributed by atoms with E-state index in [2.05, 4.69) is 44.8 Å². The summed E-state index contributed by atoms with van der Waals surface area (Å²) in [5.41, 5.74) is -0.0664. The number of nitrogens with zero attached hydrogens (tertiary/aromatic N) is 1. The average molecular weight is 287 g/mol. The second-order valence-electron chi connectivity index (χ2n) is 6.00. The van der Waals surface area contributed by atoms with E-state index in [0.717, 1.165) is 44.8 Å². The third-order valence-electron chi connectivity index (χ3n) is 4.78. The minimum Gasteiger partial charge on any atom is -0.394 e. The van der Waals surface area contributed by atoms with E-state index < -0.39 is 0 Å². The van der Waals surface area contributed by atoms with Gasteiger partial charge in [-0.3, -0.25) is 0 Å². The second-order valence-corrected chi connectivity index (χ2v) is 6.00. The molecule has 0 aromatic heterocycles. The highest BCUT2D eigenvalue weighted by Crippen LogP contribution is 2.18. The smallest absolute Gasteiger partial charge is 0.0613 e. The molecular weight excluding hydrogens is 248 g/mol. The van der Waals surface area contributed by atoms with E-state index in [4.69, 9.17) is 0 Å². The first kappa shape index (κ1) is 19.9. The maximum atomic E-state index is 9.68. The normalized spacial score (nSPS) is 15.0. The summed E-state index contributed by atoms with van der Waals surface area (Å²) in [5, 5.41) is 13.2. The van der Waals surface area contributed by atoms with Gasteiger partial charge in [-0.05, 0) is 44.8 Å². The van der Waals surface area contributed by atoms with Gasteiger partial charge < -0.3 is 15.3 Å². The summed E-state index contributed by atoms with van der Waals surface area (Å²) >= 11 is 0. The molecule has 1 atom stereocenters. The van der Waals surface area contributed by atoms with Crippen LogP contribution in [0.2, 0.25) is 0 Å². The van der Waals surface area contributed by atoms with Crippen LogP contribution in [-0.4, -0.2) is 48.3 Å². The predicted octanol–water partition coefficient (Wildman–Crippen LogP) is 3.28. The zero-order valence-corrected chi connectivity index (χ0v) is 14.5. The van der Waals surface area contributed by atoms with E-state index in [0.29, 0.717) is 0 Å². The standard InChI is InChI=1S/C17H38N2O/c1-6-16(7-2)14-19(10-5)13-11-12-17(8-3,15-20)18-9-4/h16,18,20H,6-15H2,1-5H3. The summed E-state index contributed by atoms with van der Waals surface area (Å²) in [6, 6.07) is 0. The van der Waals surface area contributed by atoms with E-state index in [1.165, 1.54) is 19.4 Å². The maximum Gasteiger partial charge on any atom is 0.0613 e. The van der Waals surface area contributed by atoms with Crippen LogP contribution in [0.3, 0.4) is 0 Å². The molecule has 3 nitrogen and oxygen atoms in total. The van der Waals surface area contributed by atoms with E-state index in [9.17, 15) is 5.11 Å². The Labute approximate surface area is 127 Å². The van der Waals surface area contributed by atoms with Crippen molar-refractivity contribution >= 4 is 0 Å². The van der Waals surface area contributed by atoms with Crippen molar-refractivity contribution in [2.75, 3.05) is 32.8 Å². The highest BCUT2D eigenvalue weighted by molar-refractivity contribution is 4.85. The van der Waals surface area contributed by atoms with Crippen LogP contribution >= 0.6 is 0 Å². The minimum atomic E-state index is -0.0664. The van der Waals surface area contributed by atoms with Gasteiger partial charge in [0, 0.05) is 12.1 Å². The Morgan fingerprint density at radius 2 is 1.75 bits per heavy atom. The first-order valence-corrected chi connectivity index (χ1v) is 8.69. The van der Waals surface area contributed by atoms with Crippen LogP contribution in [0.4, 0.5) is 0 Å². The summed E-state index contributed by atoms with van der Waals surface area (Å²) in [6.45, 7) is 15.8. The van der Waals surface area contributed by atoms with Gasteiger partial charge in [0.25, 0.3) is 0 Å². The molecule has 122 valence electrons. The number of aliphatic hydroxyl groups excluding tert-OH is 1. The Kier molecular flexibility index (Phi) is 11.5. The molecule has 0 radical (unpaired) electrons. The number of rotatable bonds is 13. The lowest BCUT2D eigenvalue weighted by molar-refractivity contribution is 0.138. The first-order chi connectivity index (χ1) is 9.61. The van der Waals surface area contributed by atoms with Crippen LogP contribution in [0, 0.1) is 5.92 Å². The molecule has 20 heavy (non-hydrogen) atoms. The van der Waals surface area contributed by atoms with Gasteiger partial charge in [0.15, 0.2) is 0 Å². The molecule has 0 rings (SSSR count). The zero-order valence-electron chi connectivity index (χ0n) is 14.5. The van der Waals surface area contributed by atoms with Crippen molar-refractivity contribution in [3.05, 3.63) is 0 Å². The van der Waals surface area contributed by atoms with Crippen molar-refractivity contribution in [1.82, 2.24) is 10.2 Å². The Morgan fingerprint density at radius 3 is 2.15 bits per heavy atom. The third-order valence-corrected chi connectivity index (χ3v) is 4.78. The molecule has 0 bridgehead atoms. The van der Waals surface area contributed by atoms with Crippen LogP contribution in [0.25, 0.3) is 0 Å². The molecule has 0 aromatic carbocycles. The number of hydrogen-bond donors (Lipinski definition) is 2. The first-order valence-electron chi connectivity index (χ1n) is 8.69. The van der Waals surface area contributed by atoms with Crippen molar-refractivity contribution in [3.63, 3.8) is 0 Å². The van der Waals surface area contributed by atoms with Crippen molar-refractivity contribution in [2.45, 2.75) is 72.3 Å². The molecule has 3 heteroatoms. The lowest BCUT2D eigenvalue weighted by atomic mass is 9.91. The zero-order chi connectivity index (χ0) is 15.4. The largest absolute Gasteiger partial charge is 0.394 e. The number of likely N-dealkylation sites (N-methyl/N-ethyl adjacent to an activating group) is 1. The van der Waals surface area contributed by atoms with Gasteiger partial charge in [-0.15, -0.1) is 0 Å². The fourth-order valence-electron chi connectivity index (χ4n) is 2.94. The maximum absolute atomic E-state index is 9.68.